The van der Waals surface area contributed by atoms with Crippen LogP contribution in [0.3, 0.4) is 0 Å². The van der Waals surface area contributed by atoms with Crippen molar-refractivity contribution in [2.24, 2.45) is 0 Å². The van der Waals surface area contributed by atoms with Crippen molar-refractivity contribution in [1.82, 2.24) is 0 Å². The SMILES string of the molecule is Cc1cc(F)cc(Br)c1C.Cc1cc(F)cc(Br)c1C(F)(F)F.Cc1cc(F)cc(Br)c1Cl.Cc1cc(F)cc(Br)c1F.Cc1cc(F)cc(C)c1F.Cc1cc(F)cc(Cl)c1C.Cc1cc(F)cc(Cl)c1C(F)(F)F.Cc1cc(F)cc(F)c1Br. The summed E-state index contributed by atoms with van der Waals surface area (Å²) >= 11 is 31.6. The Morgan fingerprint density at radius 3 is 0.953 bits per heavy atom. The molecule has 0 atom stereocenters. The Morgan fingerprint density at radius 2 is 0.581 bits per heavy atom. The average molecular weight is 1610 g/mol. The third-order valence-electron chi connectivity index (χ3n) is 11.1. The smallest absolute Gasteiger partial charge is 0.207 e. The molecule has 0 aliphatic carbocycles. The molecule has 25 heteroatoms. The molecule has 0 nitrogen and oxygen atoms in total. The number of hydrogen-bond acceptors (Lipinski definition) is 0. The van der Waals surface area contributed by atoms with Crippen molar-refractivity contribution < 1.29 is 74.6 Å². The van der Waals surface area contributed by atoms with Gasteiger partial charge in [-0.25, -0.2) is 48.3 Å². The minimum atomic E-state index is -4.53. The zero-order valence-corrected chi connectivity index (χ0v) is 56.9. The topological polar surface area (TPSA) is 0 Å². The van der Waals surface area contributed by atoms with E-state index in [-0.39, 0.29) is 49.2 Å². The highest BCUT2D eigenvalue weighted by molar-refractivity contribution is 9.11. The van der Waals surface area contributed by atoms with Gasteiger partial charge in [0.1, 0.15) is 64.0 Å². The molecule has 0 radical (unpaired) electrons. The van der Waals surface area contributed by atoms with Crippen molar-refractivity contribution in [3.05, 3.63) is 271 Å². The van der Waals surface area contributed by atoms with Gasteiger partial charge in [0.2, 0.25) is 0 Å². The Labute approximate surface area is 544 Å². The fraction of sp³-hybridized carbons (Fsp3) is 0.213. The molecule has 0 heterocycles. The average Bonchev–Trinajstić information content (AvgIpc) is 2.27. The first-order valence-electron chi connectivity index (χ1n) is 24.0. The summed E-state index contributed by atoms with van der Waals surface area (Å²) in [5.74, 6) is -4.80. The second kappa shape index (κ2) is 35.9. The summed E-state index contributed by atoms with van der Waals surface area (Å²) in [4.78, 5) is 0. The van der Waals surface area contributed by atoms with E-state index in [1.54, 1.807) is 27.7 Å². The molecule has 0 fully saturated rings. The zero-order chi connectivity index (χ0) is 66.8. The molecule has 0 saturated heterocycles. The fourth-order valence-electron chi connectivity index (χ4n) is 6.62. The molecule has 8 aromatic carbocycles. The molecule has 0 aromatic heterocycles. The first-order valence-corrected chi connectivity index (χ1v) is 29.1. The Bertz CT molecular complexity index is 2930. The van der Waals surface area contributed by atoms with Gasteiger partial charge in [0.25, 0.3) is 0 Å². The van der Waals surface area contributed by atoms with Crippen LogP contribution in [-0.2, 0) is 12.4 Å². The third-order valence-corrected chi connectivity index (χ3v) is 16.2. The maximum atomic E-state index is 12.7. The van der Waals surface area contributed by atoms with E-state index in [9.17, 15) is 74.6 Å². The molecule has 0 spiro atoms. The molecule has 8 aromatic rings. The standard InChI is InChI=1S/C8H5BrF4.C8H8BrF.C8H5ClF4.C8H8ClF.C8H8F2.C7H5BrClF.2C7H5BrF2/c1-4-2-5(10)3-6(9)7(4)8(11,12)13;1-5-3-7(10)4-8(9)6(5)2;1-4-2-5(10)3-6(9)7(4)8(11,12)13;1-5-3-7(10)4-8(9)6(5)2;1-5-3-7(9)4-6(2)8(5)10;1-4-2-5(10)3-6(8)7(4)9;1-4-2-5(9)3-6(10)7(4)8;1-4-2-5(9)3-6(8)7(4)10/h2-3H,1H3;3-4H,1-2H3;2-3H,1H3;2*3-4H,1-2H3;3*2-3H,1H3. The summed E-state index contributed by atoms with van der Waals surface area (Å²) in [5.41, 5.74) is 4.12. The lowest BCUT2D eigenvalue weighted by molar-refractivity contribution is -0.139. The molecule has 86 heavy (non-hydrogen) atoms. The second-order valence-corrected chi connectivity index (χ2v) is 23.6. The van der Waals surface area contributed by atoms with Gasteiger partial charge in [-0.3, -0.25) is 0 Å². The van der Waals surface area contributed by atoms with Gasteiger partial charge in [0.05, 0.1) is 30.1 Å². The lowest BCUT2D eigenvalue weighted by Crippen LogP contribution is -2.08. The van der Waals surface area contributed by atoms with Gasteiger partial charge in [-0.05, 0) is 276 Å². The summed E-state index contributed by atoms with van der Waals surface area (Å²) in [6, 6.07) is 18.4. The largest absolute Gasteiger partial charge is 0.418 e. The number of hydrogen-bond donors (Lipinski definition) is 0. The van der Waals surface area contributed by atoms with Crippen molar-refractivity contribution in [2.45, 2.75) is 88.5 Å². The van der Waals surface area contributed by atoms with Gasteiger partial charge in [0, 0.05) is 24.5 Å². The van der Waals surface area contributed by atoms with Crippen molar-refractivity contribution in [3.63, 3.8) is 0 Å². The van der Waals surface area contributed by atoms with Gasteiger partial charge in [0.15, 0.2) is 0 Å². The van der Waals surface area contributed by atoms with Gasteiger partial charge < -0.3 is 0 Å². The lowest BCUT2D eigenvalue weighted by atomic mass is 10.1. The molecule has 0 unspecified atom stereocenters. The highest BCUT2D eigenvalue weighted by Gasteiger charge is 2.36. The van der Waals surface area contributed by atoms with Crippen LogP contribution in [0.1, 0.15) is 72.3 Å². The monoisotopic (exact) mass is 1600 g/mol. The molecule has 0 bridgehead atoms. The summed E-state index contributed by atoms with van der Waals surface area (Å²) in [7, 11) is 0. The summed E-state index contributed by atoms with van der Waals surface area (Å²) in [5, 5.41) is 0.462. The van der Waals surface area contributed by atoms with E-state index in [1.807, 2.05) is 27.7 Å². The molecule has 0 amide bonds. The van der Waals surface area contributed by atoms with Crippen LogP contribution in [0, 0.1) is 140 Å². The van der Waals surface area contributed by atoms with E-state index >= 15 is 0 Å². The molecule has 8 rings (SSSR count). The van der Waals surface area contributed by atoms with E-state index < -0.39 is 63.4 Å². The van der Waals surface area contributed by atoms with Crippen molar-refractivity contribution in [1.29, 1.82) is 0 Å². The van der Waals surface area contributed by atoms with Crippen LogP contribution in [0.5, 0.6) is 0 Å². The molecular weight excluding hydrogens is 1560 g/mol. The van der Waals surface area contributed by atoms with E-state index in [1.165, 1.54) is 68.4 Å². The number of aryl methyl sites for hydroxylation is 9. The highest BCUT2D eigenvalue weighted by atomic mass is 79.9. The second-order valence-electron chi connectivity index (χ2n) is 18.2. The van der Waals surface area contributed by atoms with Crippen LogP contribution in [0.25, 0.3) is 0 Å². The summed E-state index contributed by atoms with van der Waals surface area (Å²) < 4.78 is 213. The minimum absolute atomic E-state index is 0.126. The maximum absolute atomic E-state index is 12.7. The lowest BCUT2D eigenvalue weighted by Gasteiger charge is -2.11. The predicted molar refractivity (Wildman–Crippen MR) is 327 cm³/mol. The summed E-state index contributed by atoms with van der Waals surface area (Å²) in [6.45, 7) is 17.9. The van der Waals surface area contributed by atoms with Gasteiger partial charge in [-0.15, -0.1) is 0 Å². The van der Waals surface area contributed by atoms with Crippen LogP contribution in [0.15, 0.2) is 119 Å². The number of benzene rings is 8. The maximum Gasteiger partial charge on any atom is 0.418 e. The van der Waals surface area contributed by atoms with E-state index in [0.717, 1.165) is 75.6 Å². The number of alkyl halides is 6. The molecule has 0 aliphatic heterocycles. The van der Waals surface area contributed by atoms with Crippen molar-refractivity contribution >= 4 is 114 Å². The van der Waals surface area contributed by atoms with Gasteiger partial charge in [-0.2, -0.15) is 26.3 Å². The quantitative estimate of drug-likeness (QED) is 0.105. The van der Waals surface area contributed by atoms with Crippen molar-refractivity contribution in [3.8, 4) is 0 Å². The van der Waals surface area contributed by atoms with E-state index in [0.29, 0.717) is 47.3 Å². The Morgan fingerprint density at radius 1 is 0.279 bits per heavy atom. The van der Waals surface area contributed by atoms with Gasteiger partial charge >= 0.3 is 12.4 Å². The Kier molecular flexibility index (Phi) is 33.3. The molecule has 0 saturated carbocycles. The first kappa shape index (κ1) is 79.9. The molecular formula is C61H49Br5Cl3F17. The molecule has 0 aliphatic rings. The Balaban J connectivity index is 0.000000493. The fourth-order valence-corrected chi connectivity index (χ4v) is 9.92. The minimum Gasteiger partial charge on any atom is -0.207 e. The van der Waals surface area contributed by atoms with Crippen LogP contribution >= 0.6 is 114 Å². The van der Waals surface area contributed by atoms with Crippen LogP contribution in [0.4, 0.5) is 74.6 Å². The Hall–Kier alpha value is -4.16. The number of halogens is 25. The zero-order valence-electron chi connectivity index (χ0n) is 46.7. The predicted octanol–water partition coefficient (Wildman–Crippen LogP) is 26.2. The molecule has 468 valence electrons. The van der Waals surface area contributed by atoms with E-state index in [4.69, 9.17) is 34.8 Å². The third kappa shape index (κ3) is 26.9. The summed E-state index contributed by atoms with van der Waals surface area (Å²) in [6.07, 6.45) is -8.98. The van der Waals surface area contributed by atoms with Crippen molar-refractivity contribution in [2.75, 3.05) is 0 Å². The van der Waals surface area contributed by atoms with Crippen LogP contribution < -0.4 is 0 Å². The van der Waals surface area contributed by atoms with Crippen LogP contribution in [-0.4, -0.2) is 0 Å². The molecule has 0 N–H and O–H groups in total. The number of rotatable bonds is 0. The van der Waals surface area contributed by atoms with E-state index in [2.05, 4.69) is 79.6 Å². The van der Waals surface area contributed by atoms with Crippen LogP contribution in [0.2, 0.25) is 15.1 Å². The first-order chi connectivity index (χ1) is 39.3. The normalized spacial score (nSPS) is 10.6. The van der Waals surface area contributed by atoms with Gasteiger partial charge in [-0.1, -0.05) is 66.7 Å². The highest BCUT2D eigenvalue weighted by Crippen LogP contribution is 2.39.